The Kier molecular flexibility index (Phi) is 8.35. The van der Waals surface area contributed by atoms with Crippen molar-refractivity contribution in [1.29, 1.82) is 0 Å². The second kappa shape index (κ2) is 9.17. The summed E-state index contributed by atoms with van der Waals surface area (Å²) in [7, 11) is 0. The second-order valence-electron chi connectivity index (χ2n) is 5.31. The van der Waals surface area contributed by atoms with Crippen LogP contribution in [0.3, 0.4) is 0 Å². The average Bonchev–Trinajstić information content (AvgIpc) is 2.30. The Morgan fingerprint density at radius 1 is 0.950 bits per heavy atom. The lowest BCUT2D eigenvalue weighted by molar-refractivity contribution is -0.122. The number of carbonyl (C=O) groups is 3. The number of carbonyl (C=O) groups excluding carboxylic acids is 3. The first-order chi connectivity index (χ1) is 9.24. The summed E-state index contributed by atoms with van der Waals surface area (Å²) in [5, 5.41) is 7.59. The van der Waals surface area contributed by atoms with Crippen LogP contribution in [0.2, 0.25) is 0 Å². The van der Waals surface area contributed by atoms with Gasteiger partial charge in [0.05, 0.1) is 6.54 Å². The molecule has 0 spiro atoms. The van der Waals surface area contributed by atoms with E-state index in [1.165, 1.54) is 0 Å². The molecular formula is C13H25N3O4. The van der Waals surface area contributed by atoms with E-state index in [9.17, 15) is 14.4 Å². The summed E-state index contributed by atoms with van der Waals surface area (Å²) in [6.45, 7) is 7.69. The standard InChI is InChI=1S/C13H25N3O4/c1-5-6-10(17)14-7-8-15-11(18)9-16-12(19)20-13(2,3)4/h5-9H2,1-4H3,(H,14,17)(H,15,18)(H,16,19). The minimum atomic E-state index is -0.635. The predicted octanol–water partition coefficient (Wildman–Crippen LogP) is 0.544. The van der Waals surface area contributed by atoms with E-state index in [1.54, 1.807) is 20.8 Å². The molecule has 116 valence electrons. The van der Waals surface area contributed by atoms with Crippen LogP contribution in [0.4, 0.5) is 4.79 Å². The van der Waals surface area contributed by atoms with Crippen LogP contribution in [0, 0.1) is 0 Å². The number of hydrogen-bond acceptors (Lipinski definition) is 4. The molecule has 0 rings (SSSR count). The Labute approximate surface area is 119 Å². The quantitative estimate of drug-likeness (QED) is 0.595. The fraction of sp³-hybridized carbons (Fsp3) is 0.769. The summed E-state index contributed by atoms with van der Waals surface area (Å²) in [5.74, 6) is -0.366. The normalized spacial score (nSPS) is 10.6. The summed E-state index contributed by atoms with van der Waals surface area (Å²) in [6.07, 6.45) is 0.635. The predicted molar refractivity (Wildman–Crippen MR) is 75.2 cm³/mol. The Hall–Kier alpha value is -1.79. The van der Waals surface area contributed by atoms with Crippen molar-refractivity contribution in [2.45, 2.75) is 46.1 Å². The average molecular weight is 287 g/mol. The minimum Gasteiger partial charge on any atom is -0.444 e. The van der Waals surface area contributed by atoms with Crippen LogP contribution in [0.25, 0.3) is 0 Å². The first-order valence-corrected chi connectivity index (χ1v) is 6.75. The van der Waals surface area contributed by atoms with Crippen LogP contribution in [0.15, 0.2) is 0 Å². The van der Waals surface area contributed by atoms with Crippen molar-refractivity contribution in [2.24, 2.45) is 0 Å². The van der Waals surface area contributed by atoms with Gasteiger partial charge in [-0.05, 0) is 27.2 Å². The van der Waals surface area contributed by atoms with Gasteiger partial charge in [0.25, 0.3) is 0 Å². The largest absolute Gasteiger partial charge is 0.444 e. The van der Waals surface area contributed by atoms with Gasteiger partial charge in [0.1, 0.15) is 5.60 Å². The molecule has 7 heteroatoms. The Morgan fingerprint density at radius 2 is 1.50 bits per heavy atom. The van der Waals surface area contributed by atoms with Gasteiger partial charge in [-0.1, -0.05) is 6.92 Å². The van der Waals surface area contributed by atoms with E-state index in [4.69, 9.17) is 4.74 Å². The molecule has 0 bridgehead atoms. The molecule has 0 aromatic heterocycles. The van der Waals surface area contributed by atoms with Crippen LogP contribution in [0.1, 0.15) is 40.5 Å². The molecular weight excluding hydrogens is 262 g/mol. The smallest absolute Gasteiger partial charge is 0.408 e. The molecule has 0 radical (unpaired) electrons. The van der Waals surface area contributed by atoms with Gasteiger partial charge in [0, 0.05) is 19.5 Å². The number of nitrogens with one attached hydrogen (secondary N) is 3. The third-order valence-corrected chi connectivity index (χ3v) is 2.04. The van der Waals surface area contributed by atoms with E-state index < -0.39 is 11.7 Å². The van der Waals surface area contributed by atoms with Gasteiger partial charge in [-0.15, -0.1) is 0 Å². The van der Waals surface area contributed by atoms with Crippen LogP contribution in [-0.4, -0.2) is 43.1 Å². The molecule has 0 fully saturated rings. The van der Waals surface area contributed by atoms with Gasteiger partial charge in [-0.3, -0.25) is 9.59 Å². The zero-order valence-corrected chi connectivity index (χ0v) is 12.7. The Bertz CT molecular complexity index is 337. The highest BCUT2D eigenvalue weighted by Gasteiger charge is 2.16. The van der Waals surface area contributed by atoms with Gasteiger partial charge in [-0.2, -0.15) is 0 Å². The topological polar surface area (TPSA) is 96.5 Å². The van der Waals surface area contributed by atoms with Gasteiger partial charge in [0.15, 0.2) is 0 Å². The molecule has 0 aliphatic rings. The van der Waals surface area contributed by atoms with Crippen molar-refractivity contribution in [1.82, 2.24) is 16.0 Å². The minimum absolute atomic E-state index is 0.0337. The molecule has 0 aliphatic heterocycles. The van der Waals surface area contributed by atoms with E-state index in [1.807, 2.05) is 6.92 Å². The maximum absolute atomic E-state index is 11.4. The monoisotopic (exact) mass is 287 g/mol. The Morgan fingerprint density at radius 3 is 2.00 bits per heavy atom. The zero-order valence-electron chi connectivity index (χ0n) is 12.7. The number of alkyl carbamates (subject to hydrolysis) is 1. The summed E-state index contributed by atoms with van der Waals surface area (Å²) < 4.78 is 4.99. The van der Waals surface area contributed by atoms with Gasteiger partial charge in [0.2, 0.25) is 11.8 Å². The molecule has 0 unspecified atom stereocenters. The van der Waals surface area contributed by atoms with Crippen LogP contribution in [0.5, 0.6) is 0 Å². The van der Waals surface area contributed by atoms with Crippen molar-refractivity contribution in [3.63, 3.8) is 0 Å². The molecule has 0 saturated carbocycles. The van der Waals surface area contributed by atoms with Crippen molar-refractivity contribution >= 4 is 17.9 Å². The fourth-order valence-electron chi connectivity index (χ4n) is 1.25. The molecule has 7 nitrogen and oxygen atoms in total. The third kappa shape index (κ3) is 11.3. The lowest BCUT2D eigenvalue weighted by atomic mass is 10.2. The molecule has 0 atom stereocenters. The highest BCUT2D eigenvalue weighted by atomic mass is 16.6. The summed E-state index contributed by atoms with van der Waals surface area (Å²) in [4.78, 5) is 33.8. The number of ether oxygens (including phenoxy) is 1. The summed E-state index contributed by atoms with van der Waals surface area (Å²) in [6, 6.07) is 0. The number of amides is 3. The zero-order chi connectivity index (χ0) is 15.6. The van der Waals surface area contributed by atoms with Crippen molar-refractivity contribution in [3.8, 4) is 0 Å². The van der Waals surface area contributed by atoms with E-state index in [2.05, 4.69) is 16.0 Å². The van der Waals surface area contributed by atoms with Gasteiger partial charge in [-0.25, -0.2) is 4.79 Å². The van der Waals surface area contributed by atoms with Crippen LogP contribution >= 0.6 is 0 Å². The molecule has 20 heavy (non-hydrogen) atoms. The van der Waals surface area contributed by atoms with E-state index >= 15 is 0 Å². The molecule has 3 amide bonds. The van der Waals surface area contributed by atoms with E-state index in [-0.39, 0.29) is 18.4 Å². The Balaban J connectivity index is 3.64. The maximum atomic E-state index is 11.4. The maximum Gasteiger partial charge on any atom is 0.408 e. The highest BCUT2D eigenvalue weighted by molar-refractivity contribution is 5.82. The lowest BCUT2D eigenvalue weighted by Gasteiger charge is -2.19. The van der Waals surface area contributed by atoms with Crippen molar-refractivity contribution < 1.29 is 19.1 Å². The molecule has 0 aromatic rings. The fourth-order valence-corrected chi connectivity index (χ4v) is 1.25. The van der Waals surface area contributed by atoms with E-state index in [0.29, 0.717) is 19.5 Å². The van der Waals surface area contributed by atoms with Gasteiger partial charge >= 0.3 is 6.09 Å². The van der Waals surface area contributed by atoms with Crippen LogP contribution < -0.4 is 16.0 Å². The third-order valence-electron chi connectivity index (χ3n) is 2.04. The van der Waals surface area contributed by atoms with Crippen LogP contribution in [-0.2, 0) is 14.3 Å². The SMILES string of the molecule is CCCC(=O)NCCNC(=O)CNC(=O)OC(C)(C)C. The summed E-state index contributed by atoms with van der Waals surface area (Å²) >= 11 is 0. The first kappa shape index (κ1) is 18.2. The number of rotatable bonds is 7. The van der Waals surface area contributed by atoms with E-state index in [0.717, 1.165) is 6.42 Å². The molecule has 3 N–H and O–H groups in total. The molecule has 0 saturated heterocycles. The summed E-state index contributed by atoms with van der Waals surface area (Å²) in [5.41, 5.74) is -0.593. The first-order valence-electron chi connectivity index (χ1n) is 6.75. The molecule has 0 aliphatic carbocycles. The van der Waals surface area contributed by atoms with Crippen molar-refractivity contribution in [3.05, 3.63) is 0 Å². The lowest BCUT2D eigenvalue weighted by Crippen LogP contribution is -2.41. The molecule has 0 heterocycles. The van der Waals surface area contributed by atoms with Crippen molar-refractivity contribution in [2.75, 3.05) is 19.6 Å². The molecule has 0 aromatic carbocycles. The highest BCUT2D eigenvalue weighted by Crippen LogP contribution is 2.05. The second-order valence-corrected chi connectivity index (χ2v) is 5.31. The van der Waals surface area contributed by atoms with Gasteiger partial charge < -0.3 is 20.7 Å². The number of hydrogen-bond donors (Lipinski definition) is 3.